The fraction of sp³-hybridized carbons (Fsp3) is 0.333. The highest BCUT2D eigenvalue weighted by Crippen LogP contribution is 2.30. The van der Waals surface area contributed by atoms with E-state index in [1.807, 2.05) is 17.5 Å². The molecule has 0 bridgehead atoms. The van der Waals surface area contributed by atoms with E-state index in [4.69, 9.17) is 5.41 Å². The van der Waals surface area contributed by atoms with Gasteiger partial charge in [0.2, 0.25) is 5.17 Å². The van der Waals surface area contributed by atoms with Crippen LogP contribution in [0.5, 0.6) is 0 Å². The summed E-state index contributed by atoms with van der Waals surface area (Å²) >= 11 is 2.93. The molecule has 0 spiro atoms. The van der Waals surface area contributed by atoms with Gasteiger partial charge in [-0.15, -0.1) is 11.3 Å². The molecule has 7 heteroatoms. The standard InChI is InChI=1S/C15H16N4OS2/c1-2-3-4-7-12-18-19-13(16)11(9-10-6-5-8-21-10)14(20)17-15(19)22-12/h5-6,8-9,16H,2-4,7H2,1H3. The van der Waals surface area contributed by atoms with Gasteiger partial charge in [-0.2, -0.15) is 15.1 Å². The lowest BCUT2D eigenvalue weighted by Gasteiger charge is -2.19. The minimum Gasteiger partial charge on any atom is -0.282 e. The minimum atomic E-state index is -0.359. The van der Waals surface area contributed by atoms with Gasteiger partial charge >= 0.3 is 0 Å². The molecule has 5 nitrogen and oxygen atoms in total. The third-order valence-corrected chi connectivity index (χ3v) is 5.11. The van der Waals surface area contributed by atoms with Crippen molar-refractivity contribution in [1.82, 2.24) is 5.01 Å². The van der Waals surface area contributed by atoms with Gasteiger partial charge in [-0.25, -0.2) is 0 Å². The highest BCUT2D eigenvalue weighted by atomic mass is 32.2. The van der Waals surface area contributed by atoms with E-state index < -0.39 is 0 Å². The number of carbonyl (C=O) groups excluding carboxylic acids is 1. The molecule has 0 radical (unpaired) electrons. The van der Waals surface area contributed by atoms with Crippen LogP contribution in [0.4, 0.5) is 0 Å². The third-order valence-electron chi connectivity index (χ3n) is 3.32. The van der Waals surface area contributed by atoms with Gasteiger partial charge in [0, 0.05) is 4.88 Å². The molecule has 0 fully saturated rings. The van der Waals surface area contributed by atoms with Crippen molar-refractivity contribution in [3.05, 3.63) is 28.0 Å². The summed E-state index contributed by atoms with van der Waals surface area (Å²) in [4.78, 5) is 17.2. The number of nitrogens with zero attached hydrogens (tertiary/aromatic N) is 3. The Hall–Kier alpha value is -1.73. The van der Waals surface area contributed by atoms with Gasteiger partial charge in [0.15, 0.2) is 5.84 Å². The van der Waals surface area contributed by atoms with Crippen molar-refractivity contribution in [3.63, 3.8) is 0 Å². The molecule has 1 amide bonds. The number of nitrogens with one attached hydrogen (secondary N) is 1. The molecule has 2 aliphatic rings. The average Bonchev–Trinajstić information content (AvgIpc) is 3.13. The summed E-state index contributed by atoms with van der Waals surface area (Å²) in [6.45, 7) is 2.16. The van der Waals surface area contributed by atoms with Gasteiger partial charge in [-0.1, -0.05) is 25.8 Å². The average molecular weight is 332 g/mol. The molecule has 1 aromatic rings. The molecule has 1 N–H and O–H groups in total. The van der Waals surface area contributed by atoms with Gasteiger partial charge in [-0.05, 0) is 42.1 Å². The number of aliphatic imine (C=N–C) groups is 1. The highest BCUT2D eigenvalue weighted by Gasteiger charge is 2.35. The number of rotatable bonds is 5. The van der Waals surface area contributed by atoms with E-state index in [0.717, 1.165) is 35.6 Å². The summed E-state index contributed by atoms with van der Waals surface area (Å²) in [6, 6.07) is 3.83. The molecule has 0 unspecified atom stereocenters. The molecule has 0 aromatic carbocycles. The summed E-state index contributed by atoms with van der Waals surface area (Å²) in [5, 5.41) is 17.5. The zero-order valence-corrected chi connectivity index (χ0v) is 13.8. The lowest BCUT2D eigenvalue weighted by molar-refractivity contribution is -0.114. The predicted octanol–water partition coefficient (Wildman–Crippen LogP) is 3.95. The number of thioether (sulfide) groups is 1. The highest BCUT2D eigenvalue weighted by molar-refractivity contribution is 8.26. The largest absolute Gasteiger partial charge is 0.283 e. The second kappa shape index (κ2) is 6.58. The predicted molar refractivity (Wildman–Crippen MR) is 93.5 cm³/mol. The molecule has 1 aromatic heterocycles. The quantitative estimate of drug-likeness (QED) is 0.656. The number of carbonyl (C=O) groups is 1. The summed E-state index contributed by atoms with van der Waals surface area (Å²) in [5.74, 6) is -0.247. The Morgan fingerprint density at radius 1 is 1.41 bits per heavy atom. The van der Waals surface area contributed by atoms with Crippen molar-refractivity contribution >= 4 is 51.1 Å². The molecular weight excluding hydrogens is 316 g/mol. The van der Waals surface area contributed by atoms with Crippen LogP contribution >= 0.6 is 23.1 Å². The summed E-state index contributed by atoms with van der Waals surface area (Å²) in [7, 11) is 0. The number of hydrogen-bond acceptors (Lipinski definition) is 5. The SMILES string of the molecule is CCCCCC1=NN2C(=N)C(=Cc3cccs3)C(=O)N=C2S1. The lowest BCUT2D eigenvalue weighted by Crippen LogP contribution is -2.35. The van der Waals surface area contributed by atoms with Gasteiger partial charge in [0.05, 0.1) is 5.57 Å². The van der Waals surface area contributed by atoms with Crippen LogP contribution in [0.2, 0.25) is 0 Å². The van der Waals surface area contributed by atoms with E-state index in [-0.39, 0.29) is 11.7 Å². The molecule has 0 saturated heterocycles. The van der Waals surface area contributed by atoms with E-state index in [1.54, 1.807) is 6.08 Å². The second-order valence-corrected chi connectivity index (χ2v) is 7.01. The maximum absolute atomic E-state index is 12.2. The Morgan fingerprint density at radius 2 is 2.27 bits per heavy atom. The van der Waals surface area contributed by atoms with Crippen LogP contribution in [-0.4, -0.2) is 27.0 Å². The Balaban J connectivity index is 1.81. The minimum absolute atomic E-state index is 0.112. The van der Waals surface area contributed by atoms with Crippen LogP contribution in [-0.2, 0) is 4.79 Å². The lowest BCUT2D eigenvalue weighted by atomic mass is 10.1. The van der Waals surface area contributed by atoms with Crippen LogP contribution in [0.3, 0.4) is 0 Å². The van der Waals surface area contributed by atoms with E-state index in [2.05, 4.69) is 17.0 Å². The fourth-order valence-corrected chi connectivity index (χ4v) is 3.76. The molecule has 22 heavy (non-hydrogen) atoms. The Labute approximate surface area is 137 Å². The van der Waals surface area contributed by atoms with E-state index in [1.165, 1.54) is 28.1 Å². The third kappa shape index (κ3) is 3.05. The maximum atomic E-state index is 12.2. The fourth-order valence-electron chi connectivity index (χ4n) is 2.17. The topological polar surface area (TPSA) is 68.9 Å². The summed E-state index contributed by atoms with van der Waals surface area (Å²) in [6.07, 6.45) is 5.98. The number of amides is 1. The molecule has 0 aliphatic carbocycles. The van der Waals surface area contributed by atoms with Crippen molar-refractivity contribution in [1.29, 1.82) is 5.41 Å². The van der Waals surface area contributed by atoms with Crippen LogP contribution in [0, 0.1) is 5.41 Å². The summed E-state index contributed by atoms with van der Waals surface area (Å²) < 4.78 is 0. The van der Waals surface area contributed by atoms with Crippen LogP contribution < -0.4 is 0 Å². The Kier molecular flexibility index (Phi) is 4.54. The molecular formula is C15H16N4OS2. The number of hydrogen-bond donors (Lipinski definition) is 1. The van der Waals surface area contributed by atoms with Crippen molar-refractivity contribution in [2.45, 2.75) is 32.6 Å². The maximum Gasteiger partial charge on any atom is 0.283 e. The summed E-state index contributed by atoms with van der Waals surface area (Å²) in [5.41, 5.74) is 0.297. The molecule has 114 valence electrons. The van der Waals surface area contributed by atoms with Gasteiger partial charge < -0.3 is 0 Å². The first-order valence-electron chi connectivity index (χ1n) is 7.21. The number of hydrazone groups is 1. The Morgan fingerprint density at radius 3 is 3.00 bits per heavy atom. The second-order valence-electron chi connectivity index (χ2n) is 4.99. The van der Waals surface area contributed by atoms with Crippen molar-refractivity contribution in [2.24, 2.45) is 10.1 Å². The zero-order chi connectivity index (χ0) is 15.5. The molecule has 3 heterocycles. The van der Waals surface area contributed by atoms with Crippen molar-refractivity contribution < 1.29 is 4.79 Å². The number of fused-ring (bicyclic) bond motifs is 1. The van der Waals surface area contributed by atoms with E-state index >= 15 is 0 Å². The molecule has 2 aliphatic heterocycles. The first-order valence-corrected chi connectivity index (χ1v) is 8.91. The smallest absolute Gasteiger partial charge is 0.282 e. The van der Waals surface area contributed by atoms with Gasteiger partial charge in [-0.3, -0.25) is 10.2 Å². The van der Waals surface area contributed by atoms with Gasteiger partial charge in [0.25, 0.3) is 5.91 Å². The molecule has 3 rings (SSSR count). The number of thiophene rings is 1. The normalized spacial score (nSPS) is 19.5. The Bertz CT molecular complexity index is 688. The van der Waals surface area contributed by atoms with Crippen LogP contribution in [0.1, 0.15) is 37.5 Å². The first-order chi connectivity index (χ1) is 10.7. The first kappa shape index (κ1) is 15.2. The van der Waals surface area contributed by atoms with E-state index in [0.29, 0.717) is 10.7 Å². The number of amidine groups is 2. The van der Waals surface area contributed by atoms with Crippen molar-refractivity contribution in [3.8, 4) is 0 Å². The molecule has 0 saturated carbocycles. The van der Waals surface area contributed by atoms with E-state index in [9.17, 15) is 4.79 Å². The number of unbranched alkanes of at least 4 members (excludes halogenated alkanes) is 2. The monoisotopic (exact) mass is 332 g/mol. The van der Waals surface area contributed by atoms with Crippen molar-refractivity contribution in [2.75, 3.05) is 0 Å². The van der Waals surface area contributed by atoms with Crippen LogP contribution in [0.25, 0.3) is 6.08 Å². The van der Waals surface area contributed by atoms with Gasteiger partial charge in [0.1, 0.15) is 5.04 Å². The zero-order valence-electron chi connectivity index (χ0n) is 12.2. The molecule has 0 atom stereocenters. The van der Waals surface area contributed by atoms with Crippen LogP contribution in [0.15, 0.2) is 33.2 Å².